The molecule has 2 heterocycles. The number of benzene rings is 2. The summed E-state index contributed by atoms with van der Waals surface area (Å²) in [5.74, 6) is -0.304. The summed E-state index contributed by atoms with van der Waals surface area (Å²) in [7, 11) is 1.46. The van der Waals surface area contributed by atoms with E-state index in [4.69, 9.17) is 9.15 Å². The number of carbonyl (C=O) groups excluding carboxylic acids is 1. The third-order valence-electron chi connectivity index (χ3n) is 4.18. The third kappa shape index (κ3) is 3.51. The third-order valence-corrected chi connectivity index (χ3v) is 4.18. The van der Waals surface area contributed by atoms with Crippen LogP contribution in [0.25, 0.3) is 16.7 Å². The number of nitrogens with zero attached hydrogens (tertiary/aromatic N) is 3. The van der Waals surface area contributed by atoms with Gasteiger partial charge < -0.3 is 14.5 Å². The molecule has 0 saturated heterocycles. The molecular weight excluding hydrogens is 389 g/mol. The van der Waals surface area contributed by atoms with Crippen LogP contribution in [-0.4, -0.2) is 27.8 Å². The molecule has 2 aromatic heterocycles. The fourth-order valence-electron chi connectivity index (χ4n) is 2.87. The van der Waals surface area contributed by atoms with Gasteiger partial charge in [0.25, 0.3) is 5.91 Å². The summed E-state index contributed by atoms with van der Waals surface area (Å²) in [5.41, 5.74) is -0.843. The Hall–Kier alpha value is -3.82. The number of methoxy groups -OCH3 is 1. The summed E-state index contributed by atoms with van der Waals surface area (Å²) in [6.45, 7) is 0. The number of ether oxygens (including phenoxy) is 1. The van der Waals surface area contributed by atoms with Crippen LogP contribution in [0.2, 0.25) is 0 Å². The van der Waals surface area contributed by atoms with E-state index in [1.165, 1.54) is 25.3 Å². The highest BCUT2D eigenvalue weighted by Gasteiger charge is 2.35. The van der Waals surface area contributed by atoms with E-state index < -0.39 is 17.6 Å². The van der Waals surface area contributed by atoms with Crippen molar-refractivity contribution in [1.82, 2.24) is 14.8 Å². The number of amides is 1. The zero-order valence-electron chi connectivity index (χ0n) is 14.9. The Labute approximate surface area is 161 Å². The van der Waals surface area contributed by atoms with E-state index in [1.54, 1.807) is 18.2 Å². The number of fused-ring (bicyclic) bond motifs is 1. The Balaban J connectivity index is 1.67. The van der Waals surface area contributed by atoms with Gasteiger partial charge in [-0.1, -0.05) is 12.1 Å². The lowest BCUT2D eigenvalue weighted by molar-refractivity contribution is -0.137. The number of anilines is 1. The molecule has 0 atom stereocenters. The molecule has 0 radical (unpaired) electrons. The van der Waals surface area contributed by atoms with E-state index in [-0.39, 0.29) is 17.1 Å². The van der Waals surface area contributed by atoms with Crippen LogP contribution in [0.5, 0.6) is 5.75 Å². The number of alkyl halides is 3. The highest BCUT2D eigenvalue weighted by atomic mass is 19.4. The van der Waals surface area contributed by atoms with Crippen LogP contribution in [0.15, 0.2) is 59.5 Å². The monoisotopic (exact) mass is 402 g/mol. The van der Waals surface area contributed by atoms with Crippen LogP contribution in [0.4, 0.5) is 18.9 Å². The van der Waals surface area contributed by atoms with Gasteiger partial charge in [0.2, 0.25) is 0 Å². The number of nitrogens with one attached hydrogen (secondary N) is 1. The highest BCUT2D eigenvalue weighted by molar-refractivity contribution is 6.05. The molecule has 4 rings (SSSR count). The zero-order chi connectivity index (χ0) is 20.6. The predicted molar refractivity (Wildman–Crippen MR) is 97.1 cm³/mol. The molecule has 0 aliphatic rings. The molecule has 7 nitrogen and oxygen atoms in total. The molecule has 0 unspecified atom stereocenters. The topological polar surface area (TPSA) is 82.2 Å². The molecule has 4 aromatic rings. The minimum absolute atomic E-state index is 0.0430. The van der Waals surface area contributed by atoms with Crippen molar-refractivity contribution >= 4 is 22.6 Å². The number of para-hydroxylation sites is 1. The number of furan rings is 1. The second-order valence-corrected chi connectivity index (χ2v) is 6.01. The molecule has 1 N–H and O–H groups in total. The van der Waals surface area contributed by atoms with Crippen LogP contribution in [0, 0.1) is 0 Å². The Morgan fingerprint density at radius 1 is 1.21 bits per heavy atom. The van der Waals surface area contributed by atoms with E-state index in [0.29, 0.717) is 16.7 Å². The fraction of sp³-hybridized carbons (Fsp3) is 0.105. The van der Waals surface area contributed by atoms with Crippen molar-refractivity contribution in [3.05, 3.63) is 66.4 Å². The first-order valence-electron chi connectivity index (χ1n) is 8.31. The number of carbonyl (C=O) groups is 1. The molecule has 0 saturated carbocycles. The van der Waals surface area contributed by atoms with Gasteiger partial charge in [-0.15, -0.1) is 0 Å². The Kier molecular flexibility index (Phi) is 4.45. The van der Waals surface area contributed by atoms with Crippen molar-refractivity contribution in [2.24, 2.45) is 0 Å². The molecule has 0 aliphatic carbocycles. The maximum absolute atomic E-state index is 13.5. The summed E-state index contributed by atoms with van der Waals surface area (Å²) < 4.78 is 52.2. The van der Waals surface area contributed by atoms with Gasteiger partial charge in [0.15, 0.2) is 17.1 Å². The van der Waals surface area contributed by atoms with Crippen molar-refractivity contribution < 1.29 is 27.1 Å². The van der Waals surface area contributed by atoms with Crippen molar-refractivity contribution in [3.63, 3.8) is 0 Å². The van der Waals surface area contributed by atoms with E-state index in [1.807, 2.05) is 0 Å². The van der Waals surface area contributed by atoms with E-state index in [9.17, 15) is 18.0 Å². The lowest BCUT2D eigenvalue weighted by Crippen LogP contribution is -2.15. The largest absolute Gasteiger partial charge is 0.493 e. The standard InChI is InChI=1S/C19H13F3N4O3/c1-28-15-4-2-3-11-7-16(29-17(11)15)18(27)25-12-5-6-14(26-10-23-9-24-26)13(8-12)19(20,21)22/h2-10H,1H3,(H,25,27). The Morgan fingerprint density at radius 3 is 2.72 bits per heavy atom. The maximum Gasteiger partial charge on any atom is 0.418 e. The normalized spacial score (nSPS) is 11.6. The van der Waals surface area contributed by atoms with E-state index in [2.05, 4.69) is 15.4 Å². The fourth-order valence-corrected chi connectivity index (χ4v) is 2.87. The molecule has 2 aromatic carbocycles. The smallest absolute Gasteiger partial charge is 0.418 e. The molecule has 0 spiro atoms. The maximum atomic E-state index is 13.5. The van der Waals surface area contributed by atoms with Gasteiger partial charge in [-0.2, -0.15) is 18.3 Å². The Morgan fingerprint density at radius 2 is 2.03 bits per heavy atom. The van der Waals surface area contributed by atoms with Crippen molar-refractivity contribution in [2.75, 3.05) is 12.4 Å². The molecule has 10 heteroatoms. The molecule has 0 bridgehead atoms. The van der Waals surface area contributed by atoms with Crippen molar-refractivity contribution in [3.8, 4) is 11.4 Å². The van der Waals surface area contributed by atoms with E-state index >= 15 is 0 Å². The summed E-state index contributed by atoms with van der Waals surface area (Å²) >= 11 is 0. The highest BCUT2D eigenvalue weighted by Crippen LogP contribution is 2.35. The second kappa shape index (κ2) is 6.97. The van der Waals surface area contributed by atoms with Crippen LogP contribution in [0.3, 0.4) is 0 Å². The average molecular weight is 402 g/mol. The van der Waals surface area contributed by atoms with Gasteiger partial charge in [0.1, 0.15) is 12.7 Å². The van der Waals surface area contributed by atoms with Gasteiger partial charge in [-0.25, -0.2) is 9.67 Å². The molecule has 0 fully saturated rings. The minimum Gasteiger partial charge on any atom is -0.493 e. The van der Waals surface area contributed by atoms with Crippen LogP contribution in [0.1, 0.15) is 16.1 Å². The Bertz CT molecular complexity index is 1180. The number of hydrogen-bond donors (Lipinski definition) is 1. The van der Waals surface area contributed by atoms with Gasteiger partial charge in [0.05, 0.1) is 18.4 Å². The number of rotatable bonds is 4. The molecular formula is C19H13F3N4O3. The van der Waals surface area contributed by atoms with Gasteiger partial charge >= 0.3 is 6.18 Å². The molecule has 148 valence electrons. The van der Waals surface area contributed by atoms with Crippen molar-refractivity contribution in [1.29, 1.82) is 0 Å². The predicted octanol–water partition coefficient (Wildman–Crippen LogP) is 4.29. The molecule has 0 aliphatic heterocycles. The number of halogens is 3. The number of aromatic nitrogens is 3. The second-order valence-electron chi connectivity index (χ2n) is 6.01. The summed E-state index contributed by atoms with van der Waals surface area (Å²) in [6.07, 6.45) is -2.37. The van der Waals surface area contributed by atoms with Gasteiger partial charge in [-0.05, 0) is 30.3 Å². The molecule has 29 heavy (non-hydrogen) atoms. The van der Waals surface area contributed by atoms with Crippen molar-refractivity contribution in [2.45, 2.75) is 6.18 Å². The first kappa shape index (κ1) is 18.5. The first-order chi connectivity index (χ1) is 13.9. The quantitative estimate of drug-likeness (QED) is 0.551. The lowest BCUT2D eigenvalue weighted by atomic mass is 10.1. The molecule has 1 amide bonds. The summed E-state index contributed by atoms with van der Waals surface area (Å²) in [6, 6.07) is 10.00. The van der Waals surface area contributed by atoms with Gasteiger partial charge in [0, 0.05) is 11.1 Å². The first-order valence-corrected chi connectivity index (χ1v) is 8.31. The van der Waals surface area contributed by atoms with E-state index in [0.717, 1.165) is 23.4 Å². The minimum atomic E-state index is -4.66. The summed E-state index contributed by atoms with van der Waals surface area (Å²) in [4.78, 5) is 16.2. The average Bonchev–Trinajstić information content (AvgIpc) is 3.36. The van der Waals surface area contributed by atoms with Crippen LogP contribution < -0.4 is 10.1 Å². The van der Waals surface area contributed by atoms with Crippen LogP contribution in [-0.2, 0) is 6.18 Å². The zero-order valence-corrected chi connectivity index (χ0v) is 14.9. The lowest BCUT2D eigenvalue weighted by Gasteiger charge is -2.14. The van der Waals surface area contributed by atoms with Gasteiger partial charge in [-0.3, -0.25) is 4.79 Å². The SMILES string of the molecule is COc1cccc2cc(C(=O)Nc3ccc(-n4cncn4)c(C(F)(F)F)c3)oc12. The van der Waals surface area contributed by atoms with Crippen LogP contribution >= 0.6 is 0 Å². The number of hydrogen-bond acceptors (Lipinski definition) is 5. The summed E-state index contributed by atoms with van der Waals surface area (Å²) in [5, 5.41) is 6.79.